The number of piperidine rings is 1. The molecule has 0 bridgehead atoms. The first-order valence-corrected chi connectivity index (χ1v) is 6.57. The normalized spacial score (nSPS) is 17.0. The SMILES string of the molecule is O=c1cc(N2CCC(CF)CC2)nc2ccccn12. The van der Waals surface area contributed by atoms with Crippen LogP contribution in [0.25, 0.3) is 5.65 Å². The molecule has 100 valence electrons. The van der Waals surface area contributed by atoms with Crippen LogP contribution in [-0.2, 0) is 0 Å². The first-order chi connectivity index (χ1) is 9.28. The van der Waals surface area contributed by atoms with Gasteiger partial charge in [-0.1, -0.05) is 6.07 Å². The van der Waals surface area contributed by atoms with Gasteiger partial charge >= 0.3 is 0 Å². The molecule has 0 N–H and O–H groups in total. The van der Waals surface area contributed by atoms with Crippen LogP contribution in [0.4, 0.5) is 10.2 Å². The van der Waals surface area contributed by atoms with Crippen molar-refractivity contribution in [3.05, 3.63) is 40.8 Å². The number of alkyl halides is 1. The molecule has 1 saturated heterocycles. The number of pyridine rings is 1. The summed E-state index contributed by atoms with van der Waals surface area (Å²) in [7, 11) is 0. The predicted octanol–water partition coefficient (Wildman–Crippen LogP) is 1.88. The van der Waals surface area contributed by atoms with E-state index in [1.807, 2.05) is 18.2 Å². The number of rotatable bonds is 2. The molecule has 3 rings (SSSR count). The van der Waals surface area contributed by atoms with Crippen molar-refractivity contribution in [2.24, 2.45) is 5.92 Å². The molecule has 0 spiro atoms. The summed E-state index contributed by atoms with van der Waals surface area (Å²) in [5.41, 5.74) is 0.575. The summed E-state index contributed by atoms with van der Waals surface area (Å²) >= 11 is 0. The minimum atomic E-state index is -0.248. The van der Waals surface area contributed by atoms with Gasteiger partial charge in [-0.15, -0.1) is 0 Å². The zero-order valence-electron chi connectivity index (χ0n) is 10.6. The number of hydrogen-bond donors (Lipinski definition) is 0. The molecule has 4 nitrogen and oxygen atoms in total. The first kappa shape index (κ1) is 12.1. The van der Waals surface area contributed by atoms with Crippen molar-refractivity contribution in [3.8, 4) is 0 Å². The third kappa shape index (κ3) is 2.32. The van der Waals surface area contributed by atoms with Crippen LogP contribution in [0.3, 0.4) is 0 Å². The second-order valence-electron chi connectivity index (χ2n) is 4.97. The Kier molecular flexibility index (Phi) is 3.19. The van der Waals surface area contributed by atoms with E-state index in [9.17, 15) is 9.18 Å². The molecule has 5 heteroatoms. The summed E-state index contributed by atoms with van der Waals surface area (Å²) in [5.74, 6) is 0.867. The fourth-order valence-electron chi connectivity index (χ4n) is 2.52. The summed E-state index contributed by atoms with van der Waals surface area (Å²) < 4.78 is 14.1. The topological polar surface area (TPSA) is 37.6 Å². The van der Waals surface area contributed by atoms with Crippen LogP contribution in [0.1, 0.15) is 12.8 Å². The fraction of sp³-hybridized carbons (Fsp3) is 0.429. The van der Waals surface area contributed by atoms with E-state index < -0.39 is 0 Å². The van der Waals surface area contributed by atoms with E-state index in [1.54, 1.807) is 12.3 Å². The molecule has 0 aliphatic carbocycles. The first-order valence-electron chi connectivity index (χ1n) is 6.57. The van der Waals surface area contributed by atoms with Crippen LogP contribution in [0.5, 0.6) is 0 Å². The minimum absolute atomic E-state index is 0.0757. The molecule has 0 atom stereocenters. The highest BCUT2D eigenvalue weighted by molar-refractivity contribution is 5.48. The van der Waals surface area contributed by atoms with Gasteiger partial charge in [0.15, 0.2) is 0 Å². The maximum Gasteiger partial charge on any atom is 0.259 e. The second kappa shape index (κ2) is 4.99. The fourth-order valence-corrected chi connectivity index (χ4v) is 2.52. The maximum atomic E-state index is 12.6. The molecular weight excluding hydrogens is 245 g/mol. The van der Waals surface area contributed by atoms with Gasteiger partial charge in [0.25, 0.3) is 5.56 Å². The van der Waals surface area contributed by atoms with E-state index in [0.29, 0.717) is 11.5 Å². The Labute approximate surface area is 110 Å². The van der Waals surface area contributed by atoms with Gasteiger partial charge in [0.1, 0.15) is 11.5 Å². The van der Waals surface area contributed by atoms with E-state index >= 15 is 0 Å². The largest absolute Gasteiger partial charge is 0.356 e. The summed E-state index contributed by atoms with van der Waals surface area (Å²) in [6.07, 6.45) is 3.36. The van der Waals surface area contributed by atoms with Crippen LogP contribution >= 0.6 is 0 Å². The van der Waals surface area contributed by atoms with Crippen molar-refractivity contribution in [1.82, 2.24) is 9.38 Å². The summed E-state index contributed by atoms with van der Waals surface area (Å²) in [6, 6.07) is 7.05. The number of anilines is 1. The number of halogens is 1. The van der Waals surface area contributed by atoms with Gasteiger partial charge in [-0.3, -0.25) is 13.6 Å². The van der Waals surface area contributed by atoms with E-state index in [1.165, 1.54) is 4.40 Å². The van der Waals surface area contributed by atoms with Crippen LogP contribution in [0.15, 0.2) is 35.3 Å². The molecule has 1 fully saturated rings. The number of aromatic nitrogens is 2. The average Bonchev–Trinajstić information content (AvgIpc) is 2.47. The molecule has 1 aliphatic heterocycles. The summed E-state index contributed by atoms with van der Waals surface area (Å²) in [6.45, 7) is 1.29. The molecule has 2 aromatic heterocycles. The molecule has 0 aromatic carbocycles. The van der Waals surface area contributed by atoms with E-state index in [4.69, 9.17) is 0 Å². The molecule has 0 radical (unpaired) electrons. The zero-order chi connectivity index (χ0) is 13.2. The molecule has 19 heavy (non-hydrogen) atoms. The third-order valence-corrected chi connectivity index (χ3v) is 3.71. The monoisotopic (exact) mass is 261 g/mol. The van der Waals surface area contributed by atoms with Gasteiger partial charge in [-0.05, 0) is 30.9 Å². The Morgan fingerprint density at radius 1 is 1.32 bits per heavy atom. The Morgan fingerprint density at radius 2 is 2.11 bits per heavy atom. The number of fused-ring (bicyclic) bond motifs is 1. The minimum Gasteiger partial charge on any atom is -0.356 e. The highest BCUT2D eigenvalue weighted by Crippen LogP contribution is 2.21. The van der Waals surface area contributed by atoms with E-state index in [2.05, 4.69) is 9.88 Å². The van der Waals surface area contributed by atoms with Gasteiger partial charge in [0, 0.05) is 25.4 Å². The van der Waals surface area contributed by atoms with Crippen molar-refractivity contribution in [1.29, 1.82) is 0 Å². The van der Waals surface area contributed by atoms with Crippen molar-refractivity contribution in [2.75, 3.05) is 24.7 Å². The van der Waals surface area contributed by atoms with Crippen LogP contribution < -0.4 is 10.5 Å². The van der Waals surface area contributed by atoms with Gasteiger partial charge < -0.3 is 4.90 Å². The molecule has 0 amide bonds. The molecule has 3 heterocycles. The highest BCUT2D eigenvalue weighted by Gasteiger charge is 2.20. The lowest BCUT2D eigenvalue weighted by Crippen LogP contribution is -2.35. The predicted molar refractivity (Wildman–Crippen MR) is 72.4 cm³/mol. The lowest BCUT2D eigenvalue weighted by molar-refractivity contribution is 0.307. The Bertz CT molecular complexity index is 632. The Balaban J connectivity index is 1.92. The van der Waals surface area contributed by atoms with Gasteiger partial charge in [-0.2, -0.15) is 0 Å². The van der Waals surface area contributed by atoms with Gasteiger partial charge in [0.05, 0.1) is 6.67 Å². The van der Waals surface area contributed by atoms with E-state index in [-0.39, 0.29) is 18.2 Å². The third-order valence-electron chi connectivity index (χ3n) is 3.71. The molecule has 0 saturated carbocycles. The van der Waals surface area contributed by atoms with Crippen LogP contribution in [0, 0.1) is 5.92 Å². The summed E-state index contributed by atoms with van der Waals surface area (Å²) in [5, 5.41) is 0. The second-order valence-corrected chi connectivity index (χ2v) is 4.97. The quantitative estimate of drug-likeness (QED) is 0.828. The van der Waals surface area contributed by atoms with Crippen LogP contribution in [-0.4, -0.2) is 29.1 Å². The Hall–Kier alpha value is -1.91. The molecule has 0 unspecified atom stereocenters. The van der Waals surface area contributed by atoms with Gasteiger partial charge in [-0.25, -0.2) is 4.98 Å². The smallest absolute Gasteiger partial charge is 0.259 e. The number of hydrogen-bond acceptors (Lipinski definition) is 3. The molecule has 2 aromatic rings. The van der Waals surface area contributed by atoms with Crippen molar-refractivity contribution < 1.29 is 4.39 Å². The lowest BCUT2D eigenvalue weighted by Gasteiger charge is -2.31. The van der Waals surface area contributed by atoms with Crippen molar-refractivity contribution >= 4 is 11.5 Å². The zero-order valence-corrected chi connectivity index (χ0v) is 10.6. The lowest BCUT2D eigenvalue weighted by atomic mass is 9.98. The van der Waals surface area contributed by atoms with Crippen molar-refractivity contribution in [2.45, 2.75) is 12.8 Å². The highest BCUT2D eigenvalue weighted by atomic mass is 19.1. The van der Waals surface area contributed by atoms with Crippen molar-refractivity contribution in [3.63, 3.8) is 0 Å². The van der Waals surface area contributed by atoms with Crippen LogP contribution in [0.2, 0.25) is 0 Å². The number of nitrogens with zero attached hydrogens (tertiary/aromatic N) is 3. The Morgan fingerprint density at radius 3 is 2.84 bits per heavy atom. The molecular formula is C14H16FN3O. The maximum absolute atomic E-state index is 12.6. The summed E-state index contributed by atoms with van der Waals surface area (Å²) in [4.78, 5) is 18.6. The van der Waals surface area contributed by atoms with Gasteiger partial charge in [0.2, 0.25) is 0 Å². The average molecular weight is 261 g/mol. The van der Waals surface area contributed by atoms with E-state index in [0.717, 1.165) is 25.9 Å². The standard InChI is InChI=1S/C14H16FN3O/c15-10-11-4-7-17(8-5-11)13-9-14(19)18-6-2-1-3-12(18)16-13/h1-3,6,9,11H,4-5,7-8,10H2. The molecule has 1 aliphatic rings.